The first-order chi connectivity index (χ1) is 5.83. The van der Waals surface area contributed by atoms with Crippen LogP contribution in [0.5, 0.6) is 0 Å². The summed E-state index contributed by atoms with van der Waals surface area (Å²) in [5.41, 5.74) is 1.28. The Bertz CT molecular complexity index is 139. The molecular weight excluding hydrogens is 150 g/mol. The third-order valence-corrected chi connectivity index (χ3v) is 2.30. The second-order valence-corrected chi connectivity index (χ2v) is 3.40. The minimum atomic E-state index is 0.557. The zero-order valence-corrected chi connectivity index (χ0v) is 7.94. The molecule has 1 aliphatic heterocycles. The fraction of sp³-hybridized carbons (Fsp3) is 0.800. The summed E-state index contributed by atoms with van der Waals surface area (Å²) in [6.07, 6.45) is 3.51. The second-order valence-electron chi connectivity index (χ2n) is 3.40. The van der Waals surface area contributed by atoms with E-state index >= 15 is 0 Å². The van der Waals surface area contributed by atoms with Crippen LogP contribution in [0.4, 0.5) is 0 Å². The Labute approximate surface area is 75.0 Å². The molecular formula is C10H19NO. The van der Waals surface area contributed by atoms with Gasteiger partial charge in [0.15, 0.2) is 0 Å². The van der Waals surface area contributed by atoms with Crippen LogP contribution in [-0.2, 0) is 4.74 Å². The lowest BCUT2D eigenvalue weighted by Gasteiger charge is -2.23. The van der Waals surface area contributed by atoms with E-state index in [1.165, 1.54) is 18.4 Å². The number of hydrogen-bond donors (Lipinski definition) is 1. The molecule has 1 rings (SSSR count). The highest BCUT2D eigenvalue weighted by atomic mass is 16.5. The van der Waals surface area contributed by atoms with Crippen LogP contribution in [0.25, 0.3) is 0 Å². The molecule has 2 nitrogen and oxygen atoms in total. The summed E-state index contributed by atoms with van der Waals surface area (Å²) in [6, 6.07) is 0.557. The smallest absolute Gasteiger partial charge is 0.0619 e. The van der Waals surface area contributed by atoms with Gasteiger partial charge < -0.3 is 10.1 Å². The summed E-state index contributed by atoms with van der Waals surface area (Å²) in [4.78, 5) is 0. The van der Waals surface area contributed by atoms with Crippen LogP contribution >= 0.6 is 0 Å². The first kappa shape index (κ1) is 9.75. The largest absolute Gasteiger partial charge is 0.380 e. The summed E-state index contributed by atoms with van der Waals surface area (Å²) in [6.45, 7) is 8.85. The lowest BCUT2D eigenvalue weighted by atomic mass is 10.1. The van der Waals surface area contributed by atoms with Gasteiger partial charge in [-0.3, -0.25) is 0 Å². The molecule has 1 fully saturated rings. The van der Waals surface area contributed by atoms with Gasteiger partial charge in [-0.15, -0.1) is 0 Å². The van der Waals surface area contributed by atoms with Crippen LogP contribution in [-0.4, -0.2) is 25.8 Å². The second kappa shape index (κ2) is 5.33. The highest BCUT2D eigenvalue weighted by Gasteiger charge is 2.12. The Morgan fingerprint density at radius 1 is 1.67 bits per heavy atom. The SMILES string of the molecule is C=C(CC)CNC1CCCOC1. The van der Waals surface area contributed by atoms with Crippen molar-refractivity contribution in [1.82, 2.24) is 5.32 Å². The predicted octanol–water partition coefficient (Wildman–Crippen LogP) is 1.72. The molecule has 1 N–H and O–H groups in total. The fourth-order valence-electron chi connectivity index (χ4n) is 1.32. The molecule has 1 atom stereocenters. The average molecular weight is 169 g/mol. The first-order valence-corrected chi connectivity index (χ1v) is 4.80. The van der Waals surface area contributed by atoms with Gasteiger partial charge in [0.25, 0.3) is 0 Å². The van der Waals surface area contributed by atoms with Crippen molar-refractivity contribution in [2.45, 2.75) is 32.2 Å². The third kappa shape index (κ3) is 3.37. The van der Waals surface area contributed by atoms with E-state index in [1.54, 1.807) is 0 Å². The first-order valence-electron chi connectivity index (χ1n) is 4.80. The van der Waals surface area contributed by atoms with Crippen molar-refractivity contribution < 1.29 is 4.74 Å². The number of ether oxygens (including phenoxy) is 1. The normalized spacial score (nSPS) is 23.9. The third-order valence-electron chi connectivity index (χ3n) is 2.30. The number of hydrogen-bond acceptors (Lipinski definition) is 2. The topological polar surface area (TPSA) is 21.3 Å². The van der Waals surface area contributed by atoms with Crippen molar-refractivity contribution in [3.05, 3.63) is 12.2 Å². The predicted molar refractivity (Wildman–Crippen MR) is 51.3 cm³/mol. The Kier molecular flexibility index (Phi) is 4.33. The molecule has 1 saturated heterocycles. The van der Waals surface area contributed by atoms with Gasteiger partial charge in [0, 0.05) is 19.2 Å². The molecule has 1 heterocycles. The van der Waals surface area contributed by atoms with Crippen LogP contribution in [0.3, 0.4) is 0 Å². The van der Waals surface area contributed by atoms with E-state index < -0.39 is 0 Å². The van der Waals surface area contributed by atoms with E-state index in [1.807, 2.05) is 0 Å². The van der Waals surface area contributed by atoms with Gasteiger partial charge in [0.05, 0.1) is 6.61 Å². The molecule has 0 spiro atoms. The van der Waals surface area contributed by atoms with Crippen LogP contribution < -0.4 is 5.32 Å². The van der Waals surface area contributed by atoms with E-state index in [-0.39, 0.29) is 0 Å². The fourth-order valence-corrected chi connectivity index (χ4v) is 1.32. The average Bonchev–Trinajstić information content (AvgIpc) is 2.16. The molecule has 2 heteroatoms. The lowest BCUT2D eigenvalue weighted by molar-refractivity contribution is 0.0714. The molecule has 70 valence electrons. The zero-order valence-electron chi connectivity index (χ0n) is 7.94. The van der Waals surface area contributed by atoms with E-state index in [9.17, 15) is 0 Å². The molecule has 0 aromatic carbocycles. The lowest BCUT2D eigenvalue weighted by Crippen LogP contribution is -2.37. The molecule has 1 aliphatic rings. The van der Waals surface area contributed by atoms with Crippen LogP contribution in [0, 0.1) is 0 Å². The van der Waals surface area contributed by atoms with Crippen LogP contribution in [0.1, 0.15) is 26.2 Å². The quantitative estimate of drug-likeness (QED) is 0.647. The van der Waals surface area contributed by atoms with Crippen molar-refractivity contribution >= 4 is 0 Å². The summed E-state index contributed by atoms with van der Waals surface area (Å²) in [5, 5.41) is 3.45. The molecule has 1 unspecified atom stereocenters. The van der Waals surface area contributed by atoms with Crippen LogP contribution in [0.15, 0.2) is 12.2 Å². The molecule has 0 amide bonds. The summed E-state index contributed by atoms with van der Waals surface area (Å²) >= 11 is 0. The van der Waals surface area contributed by atoms with Gasteiger partial charge in [-0.1, -0.05) is 19.1 Å². The Morgan fingerprint density at radius 3 is 3.08 bits per heavy atom. The Balaban J connectivity index is 2.09. The standard InChI is InChI=1S/C10H19NO/c1-3-9(2)7-11-10-5-4-6-12-8-10/h10-11H,2-8H2,1H3. The molecule has 0 radical (unpaired) electrons. The molecule has 0 aliphatic carbocycles. The highest BCUT2D eigenvalue weighted by molar-refractivity contribution is 4.95. The van der Waals surface area contributed by atoms with Crippen molar-refractivity contribution in [3.63, 3.8) is 0 Å². The molecule has 0 aromatic heterocycles. The number of rotatable bonds is 4. The van der Waals surface area contributed by atoms with E-state index in [2.05, 4.69) is 18.8 Å². The Morgan fingerprint density at radius 2 is 2.50 bits per heavy atom. The van der Waals surface area contributed by atoms with Crippen molar-refractivity contribution in [3.8, 4) is 0 Å². The maximum absolute atomic E-state index is 5.36. The minimum Gasteiger partial charge on any atom is -0.380 e. The van der Waals surface area contributed by atoms with Crippen molar-refractivity contribution in [1.29, 1.82) is 0 Å². The molecule has 0 saturated carbocycles. The van der Waals surface area contributed by atoms with Gasteiger partial charge >= 0.3 is 0 Å². The highest BCUT2D eigenvalue weighted by Crippen LogP contribution is 2.06. The Hall–Kier alpha value is -0.340. The van der Waals surface area contributed by atoms with Crippen molar-refractivity contribution in [2.75, 3.05) is 19.8 Å². The van der Waals surface area contributed by atoms with Gasteiger partial charge in [-0.05, 0) is 19.3 Å². The maximum atomic E-state index is 5.36. The minimum absolute atomic E-state index is 0.557. The summed E-state index contributed by atoms with van der Waals surface area (Å²) < 4.78 is 5.36. The van der Waals surface area contributed by atoms with Gasteiger partial charge in [-0.25, -0.2) is 0 Å². The maximum Gasteiger partial charge on any atom is 0.0619 e. The summed E-state index contributed by atoms with van der Waals surface area (Å²) in [7, 11) is 0. The molecule has 0 bridgehead atoms. The van der Waals surface area contributed by atoms with E-state index in [4.69, 9.17) is 4.74 Å². The molecule has 0 aromatic rings. The van der Waals surface area contributed by atoms with Crippen LogP contribution in [0.2, 0.25) is 0 Å². The molecule has 12 heavy (non-hydrogen) atoms. The van der Waals surface area contributed by atoms with Gasteiger partial charge in [0.1, 0.15) is 0 Å². The zero-order chi connectivity index (χ0) is 8.81. The van der Waals surface area contributed by atoms with Gasteiger partial charge in [0.2, 0.25) is 0 Å². The van der Waals surface area contributed by atoms with Gasteiger partial charge in [-0.2, -0.15) is 0 Å². The monoisotopic (exact) mass is 169 g/mol. The summed E-state index contributed by atoms with van der Waals surface area (Å²) in [5.74, 6) is 0. The number of nitrogens with one attached hydrogen (secondary N) is 1. The van der Waals surface area contributed by atoms with E-state index in [0.29, 0.717) is 6.04 Å². The van der Waals surface area contributed by atoms with Crippen molar-refractivity contribution in [2.24, 2.45) is 0 Å². The van der Waals surface area contributed by atoms with E-state index in [0.717, 1.165) is 26.2 Å².